The molecule has 0 saturated carbocycles. The van der Waals surface area contributed by atoms with E-state index in [0.717, 1.165) is 25.7 Å². The molecule has 0 radical (unpaired) electrons. The molecule has 0 aliphatic heterocycles. The van der Waals surface area contributed by atoms with Crippen molar-refractivity contribution in [2.75, 3.05) is 4.90 Å². The minimum atomic E-state index is 1.06. The quantitative estimate of drug-likeness (QED) is 0.164. The SMILES string of the molecule is C1=CC(N(c2ccccc2)c2ccc(/C=C/c3ccc(-c4c5c(c(-c6ccccc6)c6ccccc46)CCC=C5)cc3)cc2)=CCC1. The summed E-state index contributed by atoms with van der Waals surface area (Å²) in [5, 5.41) is 2.64. The maximum Gasteiger partial charge on any atom is 0.0461 e. The highest BCUT2D eigenvalue weighted by atomic mass is 15.1. The van der Waals surface area contributed by atoms with Crippen LogP contribution < -0.4 is 4.90 Å². The lowest BCUT2D eigenvalue weighted by atomic mass is 9.80. The van der Waals surface area contributed by atoms with Gasteiger partial charge in [-0.1, -0.05) is 146 Å². The predicted octanol–water partition coefficient (Wildman–Crippen LogP) is 12.7. The smallest absolute Gasteiger partial charge is 0.0461 e. The van der Waals surface area contributed by atoms with E-state index >= 15 is 0 Å². The number of hydrogen-bond acceptors (Lipinski definition) is 1. The van der Waals surface area contributed by atoms with Gasteiger partial charge in [-0.05, 0) is 111 Å². The van der Waals surface area contributed by atoms with Gasteiger partial charge in [0.05, 0.1) is 0 Å². The second-order valence-corrected chi connectivity index (χ2v) is 12.3. The lowest BCUT2D eigenvalue weighted by Gasteiger charge is -2.27. The first-order chi connectivity index (χ1) is 23.3. The summed E-state index contributed by atoms with van der Waals surface area (Å²) in [6.45, 7) is 0. The molecule has 0 unspecified atom stereocenters. The second-order valence-electron chi connectivity index (χ2n) is 12.3. The van der Waals surface area contributed by atoms with Gasteiger partial charge < -0.3 is 4.90 Å². The molecule has 0 atom stereocenters. The van der Waals surface area contributed by atoms with Crippen molar-refractivity contribution in [2.45, 2.75) is 25.7 Å². The average Bonchev–Trinajstić information content (AvgIpc) is 3.15. The van der Waals surface area contributed by atoms with Gasteiger partial charge in [0, 0.05) is 17.1 Å². The lowest BCUT2D eigenvalue weighted by Crippen LogP contribution is -2.16. The molecule has 8 rings (SSSR count). The molecule has 0 saturated heterocycles. The zero-order valence-corrected chi connectivity index (χ0v) is 26.5. The maximum absolute atomic E-state index is 2.35. The van der Waals surface area contributed by atoms with E-state index in [4.69, 9.17) is 0 Å². The molecular formula is C46H37N. The molecule has 0 spiro atoms. The van der Waals surface area contributed by atoms with Crippen LogP contribution in [0.3, 0.4) is 0 Å². The van der Waals surface area contributed by atoms with E-state index < -0.39 is 0 Å². The fourth-order valence-electron chi connectivity index (χ4n) is 7.11. The highest BCUT2D eigenvalue weighted by Crippen LogP contribution is 2.44. The summed E-state index contributed by atoms with van der Waals surface area (Å²) in [4.78, 5) is 2.34. The molecule has 6 aromatic rings. The normalized spacial score (nSPS) is 13.9. The minimum absolute atomic E-state index is 1.06. The fraction of sp³-hybridized carbons (Fsp3) is 0.0870. The molecule has 0 N–H and O–H groups in total. The molecular weight excluding hydrogens is 567 g/mol. The first-order valence-corrected chi connectivity index (χ1v) is 16.7. The molecule has 0 aromatic heterocycles. The Labute approximate surface area is 278 Å². The summed E-state index contributed by atoms with van der Waals surface area (Å²) < 4.78 is 0. The molecule has 0 bridgehead atoms. The molecule has 226 valence electrons. The van der Waals surface area contributed by atoms with Crippen LogP contribution in [0.4, 0.5) is 11.4 Å². The molecule has 1 nitrogen and oxygen atoms in total. The predicted molar refractivity (Wildman–Crippen MR) is 203 cm³/mol. The van der Waals surface area contributed by atoms with Gasteiger partial charge in [0.1, 0.15) is 0 Å². The number of allylic oxidation sites excluding steroid dienone is 4. The van der Waals surface area contributed by atoms with Gasteiger partial charge in [0.25, 0.3) is 0 Å². The largest absolute Gasteiger partial charge is 0.311 e. The summed E-state index contributed by atoms with van der Waals surface area (Å²) in [5.74, 6) is 0. The van der Waals surface area contributed by atoms with Crippen LogP contribution in [0.1, 0.15) is 41.5 Å². The topological polar surface area (TPSA) is 3.24 Å². The van der Waals surface area contributed by atoms with E-state index in [-0.39, 0.29) is 0 Å². The van der Waals surface area contributed by atoms with E-state index in [1.165, 1.54) is 72.4 Å². The molecule has 47 heavy (non-hydrogen) atoms. The van der Waals surface area contributed by atoms with E-state index in [1.807, 2.05) is 0 Å². The molecule has 0 fully saturated rings. The Morgan fingerprint density at radius 3 is 1.72 bits per heavy atom. The van der Waals surface area contributed by atoms with Crippen molar-refractivity contribution in [3.8, 4) is 22.3 Å². The number of hydrogen-bond donors (Lipinski definition) is 0. The second kappa shape index (κ2) is 13.0. The van der Waals surface area contributed by atoms with Gasteiger partial charge in [-0.25, -0.2) is 0 Å². The van der Waals surface area contributed by atoms with Crippen molar-refractivity contribution in [3.63, 3.8) is 0 Å². The first-order valence-electron chi connectivity index (χ1n) is 16.7. The minimum Gasteiger partial charge on any atom is -0.311 e. The Balaban J connectivity index is 1.09. The number of benzene rings is 6. The Hall–Kier alpha value is -5.66. The molecule has 0 heterocycles. The third-order valence-corrected chi connectivity index (χ3v) is 9.34. The summed E-state index contributed by atoms with van der Waals surface area (Å²) >= 11 is 0. The van der Waals surface area contributed by atoms with Crippen LogP contribution in [0, 0.1) is 0 Å². The maximum atomic E-state index is 2.35. The van der Waals surface area contributed by atoms with E-state index in [2.05, 4.69) is 181 Å². The average molecular weight is 604 g/mol. The first kappa shape index (κ1) is 28.8. The zero-order chi connectivity index (χ0) is 31.4. The van der Waals surface area contributed by atoms with Crippen molar-refractivity contribution in [3.05, 3.63) is 186 Å². The van der Waals surface area contributed by atoms with Crippen molar-refractivity contribution in [1.82, 2.24) is 0 Å². The van der Waals surface area contributed by atoms with Crippen molar-refractivity contribution >= 4 is 40.4 Å². The number of anilines is 2. The van der Waals surface area contributed by atoms with E-state index in [0.29, 0.717) is 0 Å². The summed E-state index contributed by atoms with van der Waals surface area (Å²) in [5.41, 5.74) is 14.0. The van der Waals surface area contributed by atoms with Gasteiger partial charge in [-0.15, -0.1) is 0 Å². The molecule has 6 aromatic carbocycles. The van der Waals surface area contributed by atoms with Gasteiger partial charge in [0.15, 0.2) is 0 Å². The molecule has 0 amide bonds. The number of para-hydroxylation sites is 1. The van der Waals surface area contributed by atoms with Gasteiger partial charge in [0.2, 0.25) is 0 Å². The number of fused-ring (bicyclic) bond motifs is 2. The third kappa shape index (κ3) is 5.77. The zero-order valence-electron chi connectivity index (χ0n) is 26.5. The van der Waals surface area contributed by atoms with Crippen LogP contribution in [0.2, 0.25) is 0 Å². The Bertz CT molecular complexity index is 2150. The van der Waals surface area contributed by atoms with Gasteiger partial charge in [-0.3, -0.25) is 0 Å². The number of rotatable bonds is 7. The van der Waals surface area contributed by atoms with Gasteiger partial charge in [-0.2, -0.15) is 0 Å². The monoisotopic (exact) mass is 603 g/mol. The lowest BCUT2D eigenvalue weighted by molar-refractivity contribution is 0.991. The van der Waals surface area contributed by atoms with Crippen LogP contribution in [0.15, 0.2) is 163 Å². The van der Waals surface area contributed by atoms with Crippen LogP contribution in [-0.4, -0.2) is 0 Å². The van der Waals surface area contributed by atoms with Gasteiger partial charge >= 0.3 is 0 Å². The van der Waals surface area contributed by atoms with E-state index in [1.54, 1.807) is 0 Å². The highest BCUT2D eigenvalue weighted by molar-refractivity contribution is 6.10. The fourth-order valence-corrected chi connectivity index (χ4v) is 7.11. The molecule has 2 aliphatic carbocycles. The molecule has 1 heteroatoms. The Morgan fingerprint density at radius 2 is 1.04 bits per heavy atom. The summed E-state index contributed by atoms with van der Waals surface area (Å²) in [7, 11) is 0. The third-order valence-electron chi connectivity index (χ3n) is 9.34. The van der Waals surface area contributed by atoms with E-state index in [9.17, 15) is 0 Å². The highest BCUT2D eigenvalue weighted by Gasteiger charge is 2.21. The standard InChI is InChI=1S/C46H37N/c1-4-14-36(15-5-1)45-41-20-10-12-22-43(41)46(44-23-13-11-21-42(44)45)37-30-26-34(27-31-37)24-25-35-28-32-40(33-29-35)47(38-16-6-2-7-17-38)39-18-8-3-9-19-39/h1-2,4-8,10,12-20,22-33H,3,9,11,21H2/b25-24+. The summed E-state index contributed by atoms with van der Waals surface area (Å²) in [6, 6.07) is 48.4. The van der Waals surface area contributed by atoms with Crippen molar-refractivity contribution in [1.29, 1.82) is 0 Å². The Morgan fingerprint density at radius 1 is 0.468 bits per heavy atom. The van der Waals surface area contributed by atoms with Crippen molar-refractivity contribution in [2.24, 2.45) is 0 Å². The van der Waals surface area contributed by atoms with Crippen LogP contribution in [0.5, 0.6) is 0 Å². The van der Waals surface area contributed by atoms with Crippen LogP contribution in [0.25, 0.3) is 51.3 Å². The van der Waals surface area contributed by atoms with Crippen LogP contribution in [-0.2, 0) is 6.42 Å². The number of nitrogens with zero attached hydrogens (tertiary/aromatic N) is 1. The Kier molecular flexibility index (Phi) is 7.95. The van der Waals surface area contributed by atoms with Crippen LogP contribution >= 0.6 is 0 Å². The van der Waals surface area contributed by atoms with Crippen molar-refractivity contribution < 1.29 is 0 Å². The molecule has 2 aliphatic rings. The summed E-state index contributed by atoms with van der Waals surface area (Å²) in [6.07, 6.45) is 20.3.